The smallest absolute Gasteiger partial charge is 0.367 e. The molecule has 4 nitrogen and oxygen atoms in total. The average molecular weight is 309 g/mol. The Hall–Kier alpha value is -2.31. The van der Waals surface area contributed by atoms with Crippen LogP contribution >= 0.6 is 0 Å². The Bertz CT molecular complexity index is 688. The van der Waals surface area contributed by atoms with E-state index >= 15 is 0 Å². The minimum absolute atomic E-state index is 0.0693. The molecule has 0 atom stereocenters. The fourth-order valence-corrected chi connectivity index (χ4v) is 2.71. The summed E-state index contributed by atoms with van der Waals surface area (Å²) in [6.45, 7) is 0.895. The Balaban J connectivity index is 1.78. The highest BCUT2D eigenvalue weighted by Crippen LogP contribution is 2.27. The van der Waals surface area contributed by atoms with Crippen molar-refractivity contribution >= 4 is 22.4 Å². The van der Waals surface area contributed by atoms with Crippen molar-refractivity contribution in [2.45, 2.75) is 6.18 Å². The molecule has 3 rings (SSSR count). The van der Waals surface area contributed by atoms with Crippen LogP contribution in [-0.2, 0) is 4.79 Å². The SMILES string of the molecule is O=C(N1CCN(c2cccc3cnccc23)CC1)C(F)(F)F. The summed E-state index contributed by atoms with van der Waals surface area (Å²) < 4.78 is 37.4. The van der Waals surface area contributed by atoms with E-state index in [1.807, 2.05) is 29.2 Å². The van der Waals surface area contributed by atoms with E-state index in [-0.39, 0.29) is 13.1 Å². The first-order valence-electron chi connectivity index (χ1n) is 6.90. The number of hydrogen-bond acceptors (Lipinski definition) is 3. The molecule has 2 heterocycles. The van der Waals surface area contributed by atoms with Gasteiger partial charge in [0.05, 0.1) is 0 Å². The molecule has 7 heteroatoms. The van der Waals surface area contributed by atoms with Gasteiger partial charge in [-0.3, -0.25) is 9.78 Å². The number of fused-ring (bicyclic) bond motifs is 1. The third kappa shape index (κ3) is 2.70. The molecule has 0 N–H and O–H groups in total. The second kappa shape index (κ2) is 5.47. The van der Waals surface area contributed by atoms with Crippen molar-refractivity contribution in [2.24, 2.45) is 0 Å². The van der Waals surface area contributed by atoms with Gasteiger partial charge in [0, 0.05) is 55.0 Å². The highest BCUT2D eigenvalue weighted by Gasteiger charge is 2.43. The van der Waals surface area contributed by atoms with Crippen LogP contribution in [0.2, 0.25) is 0 Å². The molecule has 1 saturated heterocycles. The monoisotopic (exact) mass is 309 g/mol. The van der Waals surface area contributed by atoms with Crippen LogP contribution in [0.4, 0.5) is 18.9 Å². The second-order valence-electron chi connectivity index (χ2n) is 5.15. The summed E-state index contributed by atoms with van der Waals surface area (Å²) in [5, 5.41) is 1.99. The molecule has 116 valence electrons. The van der Waals surface area contributed by atoms with Gasteiger partial charge < -0.3 is 9.80 Å². The predicted octanol–water partition coefficient (Wildman–Crippen LogP) is 2.45. The van der Waals surface area contributed by atoms with E-state index in [1.165, 1.54) is 0 Å². The summed E-state index contributed by atoms with van der Waals surface area (Å²) in [5.41, 5.74) is 0.957. The molecule has 1 amide bonds. The maximum Gasteiger partial charge on any atom is 0.471 e. The van der Waals surface area contributed by atoms with E-state index in [9.17, 15) is 18.0 Å². The molecule has 0 saturated carbocycles. The van der Waals surface area contributed by atoms with Crippen LogP contribution in [-0.4, -0.2) is 48.1 Å². The number of alkyl halides is 3. The van der Waals surface area contributed by atoms with Crippen molar-refractivity contribution in [1.29, 1.82) is 0 Å². The minimum Gasteiger partial charge on any atom is -0.367 e. The van der Waals surface area contributed by atoms with Crippen molar-refractivity contribution in [3.05, 3.63) is 36.7 Å². The highest BCUT2D eigenvalue weighted by atomic mass is 19.4. The third-order valence-electron chi connectivity index (χ3n) is 3.81. The van der Waals surface area contributed by atoms with Crippen molar-refractivity contribution in [1.82, 2.24) is 9.88 Å². The van der Waals surface area contributed by atoms with Crippen molar-refractivity contribution in [2.75, 3.05) is 31.1 Å². The van der Waals surface area contributed by atoms with Crippen molar-refractivity contribution < 1.29 is 18.0 Å². The van der Waals surface area contributed by atoms with E-state index < -0.39 is 12.1 Å². The van der Waals surface area contributed by atoms with Gasteiger partial charge in [-0.1, -0.05) is 12.1 Å². The Morgan fingerprint density at radius 2 is 1.82 bits per heavy atom. The number of halogens is 3. The predicted molar refractivity (Wildman–Crippen MR) is 76.6 cm³/mol. The molecule has 2 aromatic rings. The molecular formula is C15H14F3N3O. The van der Waals surface area contributed by atoms with E-state index in [2.05, 4.69) is 4.98 Å². The summed E-state index contributed by atoms with van der Waals surface area (Å²) in [4.78, 5) is 18.2. The number of nitrogens with zero attached hydrogens (tertiary/aromatic N) is 3. The maximum absolute atomic E-state index is 12.5. The lowest BCUT2D eigenvalue weighted by Gasteiger charge is -2.36. The first-order chi connectivity index (χ1) is 10.5. The molecular weight excluding hydrogens is 295 g/mol. The average Bonchev–Trinajstić information content (AvgIpc) is 2.53. The van der Waals surface area contributed by atoms with Gasteiger partial charge in [-0.05, 0) is 12.1 Å². The number of carbonyl (C=O) groups is 1. The van der Waals surface area contributed by atoms with Crippen LogP contribution in [0, 0.1) is 0 Å². The number of amides is 1. The van der Waals surface area contributed by atoms with Gasteiger partial charge in [-0.25, -0.2) is 0 Å². The molecule has 1 aliphatic rings. The molecule has 1 aromatic heterocycles. The molecule has 0 bridgehead atoms. The van der Waals surface area contributed by atoms with Gasteiger partial charge in [0.25, 0.3) is 0 Å². The van der Waals surface area contributed by atoms with Gasteiger partial charge >= 0.3 is 12.1 Å². The number of benzene rings is 1. The number of aromatic nitrogens is 1. The van der Waals surface area contributed by atoms with Crippen LogP contribution in [0.1, 0.15) is 0 Å². The van der Waals surface area contributed by atoms with Crippen LogP contribution in [0.3, 0.4) is 0 Å². The van der Waals surface area contributed by atoms with Gasteiger partial charge in [0.2, 0.25) is 0 Å². The van der Waals surface area contributed by atoms with Crippen LogP contribution in [0.5, 0.6) is 0 Å². The highest BCUT2D eigenvalue weighted by molar-refractivity contribution is 5.93. The number of pyridine rings is 1. The molecule has 0 radical (unpaired) electrons. The van der Waals surface area contributed by atoms with Crippen molar-refractivity contribution in [3.8, 4) is 0 Å². The Morgan fingerprint density at radius 1 is 1.09 bits per heavy atom. The molecule has 1 aromatic carbocycles. The zero-order valence-corrected chi connectivity index (χ0v) is 11.7. The topological polar surface area (TPSA) is 36.4 Å². The quantitative estimate of drug-likeness (QED) is 0.812. The summed E-state index contributed by atoms with van der Waals surface area (Å²) in [6, 6.07) is 7.66. The summed E-state index contributed by atoms with van der Waals surface area (Å²) in [7, 11) is 0. The lowest BCUT2D eigenvalue weighted by molar-refractivity contribution is -0.185. The molecule has 0 unspecified atom stereocenters. The molecule has 0 aliphatic carbocycles. The maximum atomic E-state index is 12.5. The van der Waals surface area contributed by atoms with Crippen LogP contribution in [0.15, 0.2) is 36.7 Å². The Kier molecular flexibility index (Phi) is 3.64. The lowest BCUT2D eigenvalue weighted by atomic mass is 10.1. The van der Waals surface area contributed by atoms with Crippen molar-refractivity contribution in [3.63, 3.8) is 0 Å². The summed E-state index contributed by atoms with van der Waals surface area (Å²) in [6.07, 6.45) is -1.36. The molecule has 22 heavy (non-hydrogen) atoms. The molecule has 1 fully saturated rings. The molecule has 0 spiro atoms. The van der Waals surface area contributed by atoms with Crippen LogP contribution in [0.25, 0.3) is 10.8 Å². The van der Waals surface area contributed by atoms with Gasteiger partial charge in [0.15, 0.2) is 0 Å². The van der Waals surface area contributed by atoms with Gasteiger partial charge in [0.1, 0.15) is 0 Å². The Morgan fingerprint density at radius 3 is 2.50 bits per heavy atom. The first-order valence-corrected chi connectivity index (χ1v) is 6.90. The largest absolute Gasteiger partial charge is 0.471 e. The van der Waals surface area contributed by atoms with E-state index in [0.29, 0.717) is 13.1 Å². The normalized spacial score (nSPS) is 16.1. The Labute approximate surface area is 125 Å². The summed E-state index contributed by atoms with van der Waals surface area (Å²) >= 11 is 0. The number of anilines is 1. The standard InChI is InChI=1S/C15H14F3N3O/c16-15(17,18)14(22)21-8-6-20(7-9-21)13-3-1-2-11-10-19-5-4-12(11)13/h1-5,10H,6-9H2. The fraction of sp³-hybridized carbons (Fsp3) is 0.333. The van der Waals surface area contributed by atoms with E-state index in [4.69, 9.17) is 0 Å². The number of hydrogen-bond donors (Lipinski definition) is 0. The zero-order chi connectivity index (χ0) is 15.7. The fourth-order valence-electron chi connectivity index (χ4n) is 2.71. The molecule has 1 aliphatic heterocycles. The zero-order valence-electron chi connectivity index (χ0n) is 11.7. The lowest BCUT2D eigenvalue weighted by Crippen LogP contribution is -2.52. The second-order valence-corrected chi connectivity index (χ2v) is 5.15. The van der Waals surface area contributed by atoms with E-state index in [1.54, 1.807) is 12.4 Å². The van der Waals surface area contributed by atoms with Crippen LogP contribution < -0.4 is 4.90 Å². The van der Waals surface area contributed by atoms with E-state index in [0.717, 1.165) is 21.4 Å². The first kappa shape index (κ1) is 14.6. The number of carbonyl (C=O) groups excluding carboxylic acids is 1. The van der Waals surface area contributed by atoms with Gasteiger partial charge in [-0.15, -0.1) is 0 Å². The third-order valence-corrected chi connectivity index (χ3v) is 3.81. The van der Waals surface area contributed by atoms with Gasteiger partial charge in [-0.2, -0.15) is 13.2 Å². The summed E-state index contributed by atoms with van der Waals surface area (Å²) in [5.74, 6) is -1.76. The number of rotatable bonds is 1. The number of piperazine rings is 1. The minimum atomic E-state index is -4.80.